The second-order valence-corrected chi connectivity index (χ2v) is 2.90. The number of aromatic carboxylic acids is 1. The van der Waals surface area contributed by atoms with E-state index in [4.69, 9.17) is 22.6 Å². The van der Waals surface area contributed by atoms with Gasteiger partial charge in [-0.25, -0.2) is 4.79 Å². The molecule has 0 spiro atoms. The lowest BCUT2D eigenvalue weighted by Gasteiger charge is -2.03. The first kappa shape index (κ1) is 9.98. The third-order valence-electron chi connectivity index (χ3n) is 1.59. The van der Waals surface area contributed by atoms with Crippen LogP contribution in [-0.2, 0) is 6.54 Å². The molecule has 0 saturated heterocycles. The standard InChI is InChI=1S/C8H9ClN2O2/c9-7-3-5(8(12)13)1-2-6(7)4-11-10/h1-3,11H,4,10H2,(H,12,13). The fourth-order valence-electron chi connectivity index (χ4n) is 0.934. The van der Waals surface area contributed by atoms with Gasteiger partial charge in [-0.3, -0.25) is 11.3 Å². The maximum Gasteiger partial charge on any atom is 0.335 e. The van der Waals surface area contributed by atoms with Crippen LogP contribution in [0.3, 0.4) is 0 Å². The fourth-order valence-corrected chi connectivity index (χ4v) is 1.18. The summed E-state index contributed by atoms with van der Waals surface area (Å²) in [5.41, 5.74) is 3.39. The summed E-state index contributed by atoms with van der Waals surface area (Å²) in [5, 5.41) is 9.03. The average Bonchev–Trinajstić information content (AvgIpc) is 2.08. The van der Waals surface area contributed by atoms with Crippen molar-refractivity contribution >= 4 is 17.6 Å². The number of halogens is 1. The molecular formula is C8H9ClN2O2. The highest BCUT2D eigenvalue weighted by Crippen LogP contribution is 2.17. The molecule has 0 amide bonds. The van der Waals surface area contributed by atoms with E-state index in [1.807, 2.05) is 0 Å². The van der Waals surface area contributed by atoms with Crippen molar-refractivity contribution in [2.24, 2.45) is 5.84 Å². The quantitative estimate of drug-likeness (QED) is 0.503. The number of carboxylic acid groups (broad SMARTS) is 1. The monoisotopic (exact) mass is 200 g/mol. The Balaban J connectivity index is 2.98. The minimum atomic E-state index is -0.992. The Hall–Kier alpha value is -1.10. The summed E-state index contributed by atoms with van der Waals surface area (Å²) in [5.74, 6) is 4.11. The summed E-state index contributed by atoms with van der Waals surface area (Å²) in [4.78, 5) is 10.5. The van der Waals surface area contributed by atoms with Crippen LogP contribution in [0.4, 0.5) is 0 Å². The first-order valence-electron chi connectivity index (χ1n) is 3.60. The Labute approximate surface area is 80.3 Å². The molecule has 4 N–H and O–H groups in total. The molecule has 5 heteroatoms. The van der Waals surface area contributed by atoms with E-state index in [9.17, 15) is 4.79 Å². The number of nitrogens with two attached hydrogens (primary N) is 1. The lowest BCUT2D eigenvalue weighted by Crippen LogP contribution is -2.21. The predicted octanol–water partition coefficient (Wildman–Crippen LogP) is 1.00. The molecule has 0 saturated carbocycles. The van der Waals surface area contributed by atoms with Crippen LogP contribution in [0.1, 0.15) is 15.9 Å². The number of hydrazine groups is 1. The van der Waals surface area contributed by atoms with Crippen molar-refractivity contribution in [3.63, 3.8) is 0 Å². The highest BCUT2D eigenvalue weighted by Gasteiger charge is 2.05. The van der Waals surface area contributed by atoms with Crippen LogP contribution < -0.4 is 11.3 Å². The topological polar surface area (TPSA) is 75.3 Å². The number of hydrogen-bond acceptors (Lipinski definition) is 3. The van der Waals surface area contributed by atoms with Crippen LogP contribution in [0.5, 0.6) is 0 Å². The molecule has 1 aromatic rings. The number of benzene rings is 1. The number of rotatable bonds is 3. The summed E-state index contributed by atoms with van der Waals surface area (Å²) in [6.45, 7) is 0.415. The second kappa shape index (κ2) is 4.23. The smallest absolute Gasteiger partial charge is 0.335 e. The number of carboxylic acids is 1. The van der Waals surface area contributed by atoms with E-state index in [-0.39, 0.29) is 5.56 Å². The van der Waals surface area contributed by atoms with Gasteiger partial charge < -0.3 is 5.11 Å². The van der Waals surface area contributed by atoms with Gasteiger partial charge in [-0.2, -0.15) is 0 Å². The molecule has 0 radical (unpaired) electrons. The molecule has 0 aliphatic carbocycles. The molecule has 0 fully saturated rings. The molecule has 0 aromatic heterocycles. The van der Waals surface area contributed by atoms with E-state index in [0.29, 0.717) is 11.6 Å². The summed E-state index contributed by atoms with van der Waals surface area (Å²) in [7, 11) is 0. The van der Waals surface area contributed by atoms with E-state index in [0.717, 1.165) is 5.56 Å². The molecular weight excluding hydrogens is 192 g/mol. The number of carbonyl (C=O) groups is 1. The highest BCUT2D eigenvalue weighted by molar-refractivity contribution is 6.31. The second-order valence-electron chi connectivity index (χ2n) is 2.49. The Morgan fingerprint density at radius 1 is 1.62 bits per heavy atom. The van der Waals surface area contributed by atoms with Crippen molar-refractivity contribution in [3.05, 3.63) is 34.3 Å². The van der Waals surface area contributed by atoms with Crippen molar-refractivity contribution < 1.29 is 9.90 Å². The first-order valence-corrected chi connectivity index (χ1v) is 3.98. The largest absolute Gasteiger partial charge is 0.478 e. The number of nitrogens with one attached hydrogen (secondary N) is 1. The molecule has 1 aromatic carbocycles. The van der Waals surface area contributed by atoms with Gasteiger partial charge in [0.15, 0.2) is 0 Å². The Morgan fingerprint density at radius 3 is 2.77 bits per heavy atom. The fraction of sp³-hybridized carbons (Fsp3) is 0.125. The van der Waals surface area contributed by atoms with E-state index in [1.165, 1.54) is 12.1 Å². The van der Waals surface area contributed by atoms with E-state index >= 15 is 0 Å². The van der Waals surface area contributed by atoms with Crippen LogP contribution in [0, 0.1) is 0 Å². The zero-order valence-corrected chi connectivity index (χ0v) is 7.51. The third kappa shape index (κ3) is 2.42. The van der Waals surface area contributed by atoms with Gasteiger partial charge in [0.05, 0.1) is 5.56 Å². The maximum atomic E-state index is 10.5. The lowest BCUT2D eigenvalue weighted by molar-refractivity contribution is 0.0697. The zero-order chi connectivity index (χ0) is 9.84. The van der Waals surface area contributed by atoms with Crippen molar-refractivity contribution in [1.82, 2.24) is 5.43 Å². The molecule has 0 bridgehead atoms. The summed E-state index contributed by atoms with van der Waals surface area (Å²) in [6.07, 6.45) is 0. The van der Waals surface area contributed by atoms with Gasteiger partial charge in [0.1, 0.15) is 0 Å². The normalized spacial score (nSPS) is 10.0. The average molecular weight is 201 g/mol. The molecule has 4 nitrogen and oxygen atoms in total. The van der Waals surface area contributed by atoms with Crippen molar-refractivity contribution in [2.75, 3.05) is 0 Å². The van der Waals surface area contributed by atoms with E-state index in [2.05, 4.69) is 5.43 Å². The van der Waals surface area contributed by atoms with Crippen LogP contribution in [-0.4, -0.2) is 11.1 Å². The highest BCUT2D eigenvalue weighted by atomic mass is 35.5. The summed E-state index contributed by atoms with van der Waals surface area (Å²) >= 11 is 5.79. The third-order valence-corrected chi connectivity index (χ3v) is 1.94. The molecule has 1 rings (SSSR count). The van der Waals surface area contributed by atoms with Gasteiger partial charge in [0.2, 0.25) is 0 Å². The van der Waals surface area contributed by atoms with Crippen LogP contribution in [0.25, 0.3) is 0 Å². The summed E-state index contributed by atoms with van der Waals surface area (Å²) < 4.78 is 0. The maximum absolute atomic E-state index is 10.5. The van der Waals surface area contributed by atoms with Gasteiger partial charge in [0.25, 0.3) is 0 Å². The van der Waals surface area contributed by atoms with Gasteiger partial charge in [-0.1, -0.05) is 17.7 Å². The van der Waals surface area contributed by atoms with E-state index in [1.54, 1.807) is 6.07 Å². The van der Waals surface area contributed by atoms with Crippen LogP contribution in [0.2, 0.25) is 5.02 Å². The lowest BCUT2D eigenvalue weighted by atomic mass is 10.1. The minimum Gasteiger partial charge on any atom is -0.478 e. The predicted molar refractivity (Wildman–Crippen MR) is 49.4 cm³/mol. The van der Waals surface area contributed by atoms with Crippen molar-refractivity contribution in [2.45, 2.75) is 6.54 Å². The Morgan fingerprint density at radius 2 is 2.31 bits per heavy atom. The van der Waals surface area contributed by atoms with Crippen molar-refractivity contribution in [1.29, 1.82) is 0 Å². The first-order chi connectivity index (χ1) is 6.15. The Kier molecular flexibility index (Phi) is 3.25. The zero-order valence-electron chi connectivity index (χ0n) is 6.75. The SMILES string of the molecule is NNCc1ccc(C(=O)O)cc1Cl. The molecule has 13 heavy (non-hydrogen) atoms. The van der Waals surface area contributed by atoms with Gasteiger partial charge in [-0.15, -0.1) is 0 Å². The molecule has 0 unspecified atom stereocenters. The van der Waals surface area contributed by atoms with Gasteiger partial charge >= 0.3 is 5.97 Å². The molecule has 0 atom stereocenters. The van der Waals surface area contributed by atoms with E-state index < -0.39 is 5.97 Å². The van der Waals surface area contributed by atoms with Crippen LogP contribution >= 0.6 is 11.6 Å². The molecule has 70 valence electrons. The summed E-state index contributed by atoms with van der Waals surface area (Å²) in [6, 6.07) is 4.52. The minimum absolute atomic E-state index is 0.172. The molecule has 0 aliphatic rings. The van der Waals surface area contributed by atoms with Gasteiger partial charge in [-0.05, 0) is 17.7 Å². The molecule has 0 heterocycles. The molecule has 0 aliphatic heterocycles. The van der Waals surface area contributed by atoms with Gasteiger partial charge in [0, 0.05) is 11.6 Å². The number of hydrogen-bond donors (Lipinski definition) is 3. The van der Waals surface area contributed by atoms with Crippen LogP contribution in [0.15, 0.2) is 18.2 Å². The van der Waals surface area contributed by atoms with Crippen molar-refractivity contribution in [3.8, 4) is 0 Å². The Bertz CT molecular complexity index is 328.